The summed E-state index contributed by atoms with van der Waals surface area (Å²) in [5, 5.41) is 34.1. The zero-order valence-corrected chi connectivity index (χ0v) is 25.2. The average molecular weight is 629 g/mol. The molecule has 14 nitrogen and oxygen atoms in total. The van der Waals surface area contributed by atoms with Crippen molar-refractivity contribution >= 4 is 46.1 Å². The van der Waals surface area contributed by atoms with E-state index in [0.717, 1.165) is 17.0 Å². The van der Waals surface area contributed by atoms with E-state index in [2.05, 4.69) is 0 Å². The number of ketones is 2. The first-order chi connectivity index (χ1) is 21.8. The zero-order valence-electron chi connectivity index (χ0n) is 25.2. The molecule has 2 amide bonds. The lowest BCUT2D eigenvalue weighted by Crippen LogP contribution is -2.40. The lowest BCUT2D eigenvalue weighted by molar-refractivity contribution is -0.392. The quantitative estimate of drug-likeness (QED) is 0.160. The van der Waals surface area contributed by atoms with Gasteiger partial charge in [-0.2, -0.15) is 0 Å². The molecule has 0 spiro atoms. The smallest absolute Gasteiger partial charge is 0.301 e. The predicted molar refractivity (Wildman–Crippen MR) is 163 cm³/mol. The van der Waals surface area contributed by atoms with E-state index in [0.29, 0.717) is 11.1 Å². The second-order valence-corrected chi connectivity index (χ2v) is 11.9. The lowest BCUT2D eigenvalue weighted by atomic mass is 9.59. The number of carbonyl (C=O) groups is 4. The number of hydrogen-bond acceptors (Lipinski definition) is 11. The Balaban J connectivity index is 1.50. The van der Waals surface area contributed by atoms with E-state index in [9.17, 15) is 44.5 Å². The maximum absolute atomic E-state index is 14.3. The number of fused-ring (bicyclic) bond motifs is 3. The number of methoxy groups -OCH3 is 1. The molecular formula is C32H28N4O10. The molecule has 14 heteroatoms. The van der Waals surface area contributed by atoms with Gasteiger partial charge in [0.2, 0.25) is 11.8 Å². The first kappa shape index (κ1) is 30.4. The molecule has 1 aliphatic heterocycles. The summed E-state index contributed by atoms with van der Waals surface area (Å²) in [4.78, 5) is 79.5. The number of aromatic hydroxyl groups is 1. The number of phenols is 1. The molecule has 236 valence electrons. The van der Waals surface area contributed by atoms with Gasteiger partial charge in [-0.1, -0.05) is 17.7 Å². The van der Waals surface area contributed by atoms with Crippen LogP contribution in [0, 0.1) is 38.0 Å². The lowest BCUT2D eigenvalue weighted by Gasteiger charge is -2.42. The summed E-state index contributed by atoms with van der Waals surface area (Å²) in [5.74, 6) is -5.44. The highest BCUT2D eigenvalue weighted by molar-refractivity contribution is 6.25. The zero-order chi connectivity index (χ0) is 33.4. The third kappa shape index (κ3) is 4.39. The van der Waals surface area contributed by atoms with Gasteiger partial charge in [0, 0.05) is 60.5 Å². The minimum atomic E-state index is -1.02. The minimum Gasteiger partial charge on any atom is -0.508 e. The van der Waals surface area contributed by atoms with Crippen LogP contribution in [0.1, 0.15) is 31.2 Å². The van der Waals surface area contributed by atoms with Gasteiger partial charge < -0.3 is 14.7 Å². The summed E-state index contributed by atoms with van der Waals surface area (Å²) >= 11 is 0. The third-order valence-electron chi connectivity index (χ3n) is 9.24. The van der Waals surface area contributed by atoms with E-state index in [-0.39, 0.29) is 64.0 Å². The largest absolute Gasteiger partial charge is 0.508 e. The number of amides is 2. The molecule has 1 heterocycles. The number of nitro groups is 2. The molecule has 0 radical (unpaired) electrons. The van der Waals surface area contributed by atoms with Crippen molar-refractivity contribution in [2.75, 3.05) is 31.0 Å². The third-order valence-corrected chi connectivity index (χ3v) is 9.24. The van der Waals surface area contributed by atoms with Crippen LogP contribution in [0.5, 0.6) is 11.5 Å². The van der Waals surface area contributed by atoms with Crippen LogP contribution in [0.4, 0.5) is 22.7 Å². The molecule has 1 fully saturated rings. The molecule has 6 rings (SSSR count). The average Bonchev–Trinajstić information content (AvgIpc) is 3.27. The molecule has 4 atom stereocenters. The fourth-order valence-electron chi connectivity index (χ4n) is 7.39. The summed E-state index contributed by atoms with van der Waals surface area (Å²) in [7, 11) is 4.21. The van der Waals surface area contributed by atoms with Crippen LogP contribution in [0.2, 0.25) is 0 Å². The number of phenolic OH excluding ortho intramolecular Hbond substituents is 1. The van der Waals surface area contributed by atoms with Crippen LogP contribution in [0.25, 0.3) is 0 Å². The van der Waals surface area contributed by atoms with E-state index < -0.39 is 56.7 Å². The van der Waals surface area contributed by atoms with Gasteiger partial charge >= 0.3 is 11.4 Å². The number of nitro benzene ring substituents is 2. The predicted octanol–water partition coefficient (Wildman–Crippen LogP) is 3.92. The number of anilines is 2. The van der Waals surface area contributed by atoms with Crippen molar-refractivity contribution in [2.24, 2.45) is 17.8 Å². The SMILES string of the molecule is COc1cc(O)ccc1C1C2=CCC3C(=O)N(c4cc([N+](=O)[O-])c(N(C)C)c([N+](=O)[O-])c4)C(=O)C3C2CC2=C1C(=O)C=C(C)C2=O. The highest BCUT2D eigenvalue weighted by Gasteiger charge is 2.57. The van der Waals surface area contributed by atoms with Gasteiger partial charge in [0.15, 0.2) is 17.3 Å². The number of imide groups is 1. The van der Waals surface area contributed by atoms with Crippen molar-refractivity contribution in [3.8, 4) is 11.5 Å². The Morgan fingerprint density at radius 1 is 0.978 bits per heavy atom. The molecule has 2 aromatic carbocycles. The van der Waals surface area contributed by atoms with Gasteiger partial charge in [-0.15, -0.1) is 0 Å². The second kappa shape index (κ2) is 10.8. The van der Waals surface area contributed by atoms with E-state index in [1.807, 2.05) is 0 Å². The maximum atomic E-state index is 14.3. The van der Waals surface area contributed by atoms with E-state index in [4.69, 9.17) is 4.74 Å². The first-order valence-corrected chi connectivity index (χ1v) is 14.4. The summed E-state index contributed by atoms with van der Waals surface area (Å²) in [6.07, 6.45) is 3.12. The fourth-order valence-corrected chi connectivity index (χ4v) is 7.39. The number of benzene rings is 2. The number of hydrogen-bond donors (Lipinski definition) is 1. The van der Waals surface area contributed by atoms with E-state index in [1.54, 1.807) is 12.1 Å². The number of nitrogens with zero attached hydrogens (tertiary/aromatic N) is 4. The van der Waals surface area contributed by atoms with Gasteiger partial charge in [0.05, 0.1) is 34.5 Å². The Kier molecular flexibility index (Phi) is 7.10. The van der Waals surface area contributed by atoms with Gasteiger partial charge in [-0.3, -0.25) is 39.4 Å². The molecule has 0 bridgehead atoms. The van der Waals surface area contributed by atoms with Crippen molar-refractivity contribution in [1.29, 1.82) is 0 Å². The summed E-state index contributed by atoms with van der Waals surface area (Å²) in [5.41, 5.74) is -0.0980. The highest BCUT2D eigenvalue weighted by Crippen LogP contribution is 2.57. The molecular weight excluding hydrogens is 600 g/mol. The number of Topliss-reactive ketones (excluding diaryl/α,β-unsaturated/α-hetero) is 1. The van der Waals surface area contributed by atoms with E-state index in [1.165, 1.54) is 51.2 Å². The van der Waals surface area contributed by atoms with Crippen molar-refractivity contribution in [1.82, 2.24) is 0 Å². The molecule has 0 saturated carbocycles. The number of carbonyl (C=O) groups excluding carboxylic acids is 4. The van der Waals surface area contributed by atoms with Crippen LogP contribution in [-0.2, 0) is 19.2 Å². The number of rotatable bonds is 6. The Morgan fingerprint density at radius 2 is 1.63 bits per heavy atom. The van der Waals surface area contributed by atoms with Crippen molar-refractivity contribution in [3.05, 3.63) is 90.6 Å². The first-order valence-electron chi connectivity index (χ1n) is 14.4. The van der Waals surface area contributed by atoms with Crippen LogP contribution in [-0.4, -0.2) is 59.5 Å². The molecule has 3 aliphatic carbocycles. The molecule has 46 heavy (non-hydrogen) atoms. The Labute approximate surface area is 261 Å². The van der Waals surface area contributed by atoms with Crippen molar-refractivity contribution in [3.63, 3.8) is 0 Å². The molecule has 1 saturated heterocycles. The standard InChI is InChI=1S/C32H28N4O10/c1-14-9-24(38)28-21(30(14)39)13-20-17(26(28)18-6-5-16(37)12-25(18)46-4)7-8-19-27(20)32(41)34(31(19)40)15-10-22(35(42)43)29(33(2)3)23(11-15)36(44)45/h5-7,9-12,19-20,26-27,37H,8,13H2,1-4H3. The Hall–Kier alpha value is -5.66. The maximum Gasteiger partial charge on any atom is 0.301 e. The monoisotopic (exact) mass is 628 g/mol. The number of ether oxygens (including phenoxy) is 1. The number of allylic oxidation sites excluding steroid dienone is 6. The molecule has 1 N–H and O–H groups in total. The second-order valence-electron chi connectivity index (χ2n) is 11.9. The van der Waals surface area contributed by atoms with E-state index >= 15 is 0 Å². The van der Waals surface area contributed by atoms with Gasteiger partial charge in [0.25, 0.3) is 0 Å². The van der Waals surface area contributed by atoms with Crippen LogP contribution in [0.3, 0.4) is 0 Å². The van der Waals surface area contributed by atoms with Crippen LogP contribution >= 0.6 is 0 Å². The topological polar surface area (TPSA) is 190 Å². The summed E-state index contributed by atoms with van der Waals surface area (Å²) in [6.45, 7) is 1.53. The Morgan fingerprint density at radius 3 is 2.22 bits per heavy atom. The van der Waals surface area contributed by atoms with Gasteiger partial charge in [0.1, 0.15) is 11.5 Å². The van der Waals surface area contributed by atoms with Gasteiger partial charge in [-0.05, 0) is 37.8 Å². The Bertz CT molecular complexity index is 1870. The minimum absolute atomic E-state index is 0.0122. The molecule has 4 aliphatic rings. The van der Waals surface area contributed by atoms with Crippen LogP contribution in [0.15, 0.2) is 64.8 Å². The molecule has 4 unspecified atom stereocenters. The fraction of sp³-hybridized carbons (Fsp3) is 0.312. The molecule has 2 aromatic rings. The van der Waals surface area contributed by atoms with Crippen LogP contribution < -0.4 is 14.5 Å². The van der Waals surface area contributed by atoms with Crippen molar-refractivity contribution in [2.45, 2.75) is 25.7 Å². The van der Waals surface area contributed by atoms with Crippen molar-refractivity contribution < 1.29 is 38.9 Å². The normalized spacial score (nSPS) is 23.8. The summed E-state index contributed by atoms with van der Waals surface area (Å²) in [6, 6.07) is 6.35. The highest BCUT2D eigenvalue weighted by atomic mass is 16.6. The summed E-state index contributed by atoms with van der Waals surface area (Å²) < 4.78 is 5.54. The molecule has 0 aromatic heterocycles. The van der Waals surface area contributed by atoms with Gasteiger partial charge in [-0.25, -0.2) is 4.90 Å².